The molecule has 1 atom stereocenters. The molecule has 0 spiro atoms. The van der Waals surface area contributed by atoms with E-state index in [1.54, 1.807) is 25.1 Å². The van der Waals surface area contributed by atoms with E-state index in [1.807, 2.05) is 13.8 Å². The fourth-order valence-electron chi connectivity index (χ4n) is 3.33. The summed E-state index contributed by atoms with van der Waals surface area (Å²) >= 11 is 18.2. The standard InChI is InChI=1S/C24H30Cl3N3O4S/c1-5-22(24(32)28-13-16(2)3)30(14-17-6-7-19(26)12-21(17)27)23(31)15-29(4)35(33,34)20-10-8-18(25)9-11-20/h6-12,16,22H,5,13-15H2,1-4H3,(H,28,32)/t22-/m1/s1. The molecule has 0 unspecified atom stereocenters. The van der Waals surface area contributed by atoms with Crippen molar-refractivity contribution in [3.63, 3.8) is 0 Å². The minimum Gasteiger partial charge on any atom is -0.354 e. The van der Waals surface area contributed by atoms with Crippen LogP contribution in [0.4, 0.5) is 0 Å². The predicted octanol–water partition coefficient (Wildman–Crippen LogP) is 4.85. The third kappa shape index (κ3) is 8.08. The van der Waals surface area contributed by atoms with Gasteiger partial charge < -0.3 is 10.2 Å². The number of halogens is 3. The van der Waals surface area contributed by atoms with Gasteiger partial charge in [-0.15, -0.1) is 0 Å². The van der Waals surface area contributed by atoms with Crippen molar-refractivity contribution in [3.8, 4) is 0 Å². The van der Waals surface area contributed by atoms with E-state index in [2.05, 4.69) is 5.32 Å². The molecule has 0 saturated heterocycles. The molecule has 0 heterocycles. The van der Waals surface area contributed by atoms with Gasteiger partial charge in [0.2, 0.25) is 21.8 Å². The summed E-state index contributed by atoms with van der Waals surface area (Å²) in [6, 6.07) is 9.73. The van der Waals surface area contributed by atoms with Gasteiger partial charge in [0.15, 0.2) is 0 Å². The highest BCUT2D eigenvalue weighted by Gasteiger charge is 2.32. The third-order valence-electron chi connectivity index (χ3n) is 5.31. The number of carbonyl (C=O) groups is 2. The topological polar surface area (TPSA) is 86.8 Å². The Morgan fingerprint density at radius 1 is 1.00 bits per heavy atom. The number of benzene rings is 2. The van der Waals surface area contributed by atoms with Gasteiger partial charge in [-0.25, -0.2) is 8.42 Å². The number of rotatable bonds is 11. The van der Waals surface area contributed by atoms with Crippen molar-refractivity contribution in [2.24, 2.45) is 5.92 Å². The molecule has 1 N–H and O–H groups in total. The largest absolute Gasteiger partial charge is 0.354 e. The van der Waals surface area contributed by atoms with E-state index in [4.69, 9.17) is 34.8 Å². The van der Waals surface area contributed by atoms with Crippen LogP contribution in [0.1, 0.15) is 32.8 Å². The molecule has 0 bridgehead atoms. The van der Waals surface area contributed by atoms with Gasteiger partial charge in [0.1, 0.15) is 6.04 Å². The molecule has 0 aliphatic carbocycles. The quantitative estimate of drug-likeness (QED) is 0.424. The van der Waals surface area contributed by atoms with E-state index in [-0.39, 0.29) is 23.3 Å². The van der Waals surface area contributed by atoms with Crippen molar-refractivity contribution in [2.75, 3.05) is 20.1 Å². The van der Waals surface area contributed by atoms with Crippen molar-refractivity contribution in [2.45, 2.75) is 44.7 Å². The summed E-state index contributed by atoms with van der Waals surface area (Å²) in [5, 5.41) is 4.04. The molecule has 192 valence electrons. The second-order valence-electron chi connectivity index (χ2n) is 8.54. The molecular weight excluding hydrogens is 533 g/mol. The van der Waals surface area contributed by atoms with Gasteiger partial charge in [0.25, 0.3) is 0 Å². The highest BCUT2D eigenvalue weighted by atomic mass is 35.5. The summed E-state index contributed by atoms with van der Waals surface area (Å²) in [6.45, 7) is 5.71. The van der Waals surface area contributed by atoms with Crippen LogP contribution in [-0.2, 0) is 26.2 Å². The van der Waals surface area contributed by atoms with Crippen molar-refractivity contribution >= 4 is 56.6 Å². The van der Waals surface area contributed by atoms with Crippen molar-refractivity contribution in [3.05, 3.63) is 63.1 Å². The number of hydrogen-bond acceptors (Lipinski definition) is 4. The second kappa shape index (κ2) is 12.9. The fourth-order valence-corrected chi connectivity index (χ4v) is 5.04. The van der Waals surface area contributed by atoms with Gasteiger partial charge in [0.05, 0.1) is 11.4 Å². The first-order valence-corrected chi connectivity index (χ1v) is 13.7. The number of carbonyl (C=O) groups excluding carboxylic acids is 2. The minimum absolute atomic E-state index is 0.00575. The summed E-state index contributed by atoms with van der Waals surface area (Å²) in [5.74, 6) is -0.632. The molecule has 2 rings (SSSR count). The van der Waals surface area contributed by atoms with E-state index in [0.29, 0.717) is 33.6 Å². The van der Waals surface area contributed by atoms with E-state index in [9.17, 15) is 18.0 Å². The number of hydrogen-bond donors (Lipinski definition) is 1. The maximum Gasteiger partial charge on any atom is 0.243 e. The van der Waals surface area contributed by atoms with Crippen LogP contribution in [0.15, 0.2) is 47.4 Å². The highest BCUT2D eigenvalue weighted by Crippen LogP contribution is 2.24. The number of nitrogens with zero attached hydrogens (tertiary/aromatic N) is 2. The van der Waals surface area contributed by atoms with E-state index < -0.39 is 28.5 Å². The Balaban J connectivity index is 2.35. The lowest BCUT2D eigenvalue weighted by Gasteiger charge is -2.32. The Morgan fingerprint density at radius 2 is 1.60 bits per heavy atom. The van der Waals surface area contributed by atoms with Crippen LogP contribution in [-0.4, -0.2) is 55.6 Å². The van der Waals surface area contributed by atoms with Crippen LogP contribution in [0, 0.1) is 5.92 Å². The average molecular weight is 563 g/mol. The Hall–Kier alpha value is -1.84. The molecule has 7 nitrogen and oxygen atoms in total. The van der Waals surface area contributed by atoms with Crippen molar-refractivity contribution < 1.29 is 18.0 Å². The minimum atomic E-state index is -3.96. The molecule has 2 amide bonds. The van der Waals surface area contributed by atoms with Crippen molar-refractivity contribution in [1.82, 2.24) is 14.5 Å². The first kappa shape index (κ1) is 29.4. The maximum atomic E-state index is 13.5. The number of amides is 2. The van der Waals surface area contributed by atoms with Gasteiger partial charge in [-0.1, -0.05) is 61.6 Å². The molecule has 0 radical (unpaired) electrons. The lowest BCUT2D eigenvalue weighted by molar-refractivity contribution is -0.141. The molecule has 0 aliphatic heterocycles. The fraction of sp³-hybridized carbons (Fsp3) is 0.417. The first-order valence-electron chi connectivity index (χ1n) is 11.1. The first-order chi connectivity index (χ1) is 16.4. The molecular formula is C24H30Cl3N3O4S. The number of sulfonamides is 1. The number of likely N-dealkylation sites (N-methyl/N-ethyl adjacent to an activating group) is 1. The zero-order valence-electron chi connectivity index (χ0n) is 20.1. The normalized spacial score (nSPS) is 12.6. The SMILES string of the molecule is CC[C@H](C(=O)NCC(C)C)N(Cc1ccc(Cl)cc1Cl)C(=O)CN(C)S(=O)(=O)c1ccc(Cl)cc1. The molecule has 2 aromatic carbocycles. The average Bonchev–Trinajstić information content (AvgIpc) is 2.79. The van der Waals surface area contributed by atoms with E-state index >= 15 is 0 Å². The number of nitrogens with one attached hydrogen (secondary N) is 1. The van der Waals surface area contributed by atoms with Crippen LogP contribution in [0.25, 0.3) is 0 Å². The van der Waals surface area contributed by atoms with E-state index in [0.717, 1.165) is 4.31 Å². The lowest BCUT2D eigenvalue weighted by atomic mass is 10.1. The predicted molar refractivity (Wildman–Crippen MR) is 140 cm³/mol. The van der Waals surface area contributed by atoms with Gasteiger partial charge in [-0.2, -0.15) is 4.31 Å². The van der Waals surface area contributed by atoms with Gasteiger partial charge in [-0.3, -0.25) is 9.59 Å². The Kier molecular flexibility index (Phi) is 10.9. The van der Waals surface area contributed by atoms with Gasteiger partial charge in [-0.05, 0) is 54.3 Å². The van der Waals surface area contributed by atoms with E-state index in [1.165, 1.54) is 36.2 Å². The zero-order valence-corrected chi connectivity index (χ0v) is 23.2. The molecule has 11 heteroatoms. The van der Waals surface area contributed by atoms with Crippen LogP contribution in [0.3, 0.4) is 0 Å². The van der Waals surface area contributed by atoms with Crippen LogP contribution in [0.2, 0.25) is 15.1 Å². The molecule has 35 heavy (non-hydrogen) atoms. The Labute approximate surface area is 222 Å². The van der Waals surface area contributed by atoms with Crippen LogP contribution < -0.4 is 5.32 Å². The molecule has 2 aromatic rings. The summed E-state index contributed by atoms with van der Waals surface area (Å²) < 4.78 is 27.0. The highest BCUT2D eigenvalue weighted by molar-refractivity contribution is 7.89. The van der Waals surface area contributed by atoms with Crippen LogP contribution >= 0.6 is 34.8 Å². The summed E-state index contributed by atoms with van der Waals surface area (Å²) in [4.78, 5) is 27.8. The smallest absolute Gasteiger partial charge is 0.243 e. The Morgan fingerprint density at radius 3 is 2.14 bits per heavy atom. The van der Waals surface area contributed by atoms with Crippen LogP contribution in [0.5, 0.6) is 0 Å². The molecule has 0 aliphatic rings. The maximum absolute atomic E-state index is 13.5. The van der Waals surface area contributed by atoms with Gasteiger partial charge >= 0.3 is 0 Å². The summed E-state index contributed by atoms with van der Waals surface area (Å²) in [6.07, 6.45) is 0.328. The second-order valence-corrected chi connectivity index (χ2v) is 11.9. The zero-order chi connectivity index (χ0) is 26.3. The summed E-state index contributed by atoms with van der Waals surface area (Å²) in [5.41, 5.74) is 0.586. The van der Waals surface area contributed by atoms with Crippen molar-refractivity contribution in [1.29, 1.82) is 0 Å². The third-order valence-corrected chi connectivity index (χ3v) is 7.96. The molecule has 0 aromatic heterocycles. The monoisotopic (exact) mass is 561 g/mol. The lowest BCUT2D eigenvalue weighted by Crippen LogP contribution is -2.52. The van der Waals surface area contributed by atoms with Gasteiger partial charge in [0, 0.05) is 35.2 Å². The Bertz CT molecular complexity index is 1140. The summed E-state index contributed by atoms with van der Waals surface area (Å²) in [7, 11) is -2.65. The molecule has 0 saturated carbocycles. The molecule has 0 fully saturated rings.